The third-order valence-corrected chi connectivity index (χ3v) is 11.4. The fraction of sp³-hybridized carbons (Fsp3) is 0. The van der Waals surface area contributed by atoms with Crippen molar-refractivity contribution in [3.8, 4) is 50.5 Å². The number of aromatic nitrogens is 3. The van der Waals surface area contributed by atoms with Crippen LogP contribution in [0.5, 0.6) is 0 Å². The van der Waals surface area contributed by atoms with Crippen LogP contribution in [0.3, 0.4) is 0 Å². The van der Waals surface area contributed by atoms with E-state index < -0.39 is 0 Å². The number of benzene rings is 9. The summed E-state index contributed by atoms with van der Waals surface area (Å²) in [5, 5.41) is 2.46. The first kappa shape index (κ1) is 35.1. The van der Waals surface area contributed by atoms with Crippen molar-refractivity contribution in [2.24, 2.45) is 0 Å². The van der Waals surface area contributed by atoms with Crippen molar-refractivity contribution in [1.82, 2.24) is 14.5 Å². The highest BCUT2D eigenvalue weighted by molar-refractivity contribution is 6.11. The second-order valence-corrected chi connectivity index (χ2v) is 15.0. The fourth-order valence-electron chi connectivity index (χ4n) is 8.46. The Balaban J connectivity index is 1.01. The molecule has 0 spiro atoms. The lowest BCUT2D eigenvalue weighted by Gasteiger charge is -2.26. The minimum atomic E-state index is 0.861. The van der Waals surface area contributed by atoms with E-state index in [4.69, 9.17) is 9.97 Å². The third-order valence-electron chi connectivity index (χ3n) is 11.4. The molecule has 60 heavy (non-hydrogen) atoms. The summed E-state index contributed by atoms with van der Waals surface area (Å²) in [6, 6.07) is 81.6. The molecule has 0 saturated carbocycles. The molecule has 0 N–H and O–H groups in total. The lowest BCUT2D eigenvalue weighted by Crippen LogP contribution is -2.10. The zero-order chi connectivity index (χ0) is 39.8. The standard InChI is InChI=1S/C56H38N4/c1-5-15-39(16-6-1)43-27-35-53-49(37-43)50-38-44(40-17-7-2-8-18-40)28-36-54(50)60(53)48-33-31-47(32-34-48)59(45-21-11-4-12-22-45)46-29-25-42(26-30-46)56-55(41-19-9-3-10-20-41)57-51-23-13-14-24-52(51)58-56/h1-38H. The summed E-state index contributed by atoms with van der Waals surface area (Å²) >= 11 is 0. The van der Waals surface area contributed by atoms with Crippen LogP contribution in [0.15, 0.2) is 231 Å². The number of hydrogen-bond donors (Lipinski definition) is 0. The Morgan fingerprint density at radius 3 is 1.15 bits per heavy atom. The van der Waals surface area contributed by atoms with Crippen molar-refractivity contribution in [2.75, 3.05) is 4.90 Å². The molecule has 0 aliphatic carbocycles. The number of para-hydroxylation sites is 3. The molecule has 11 rings (SSSR count). The Labute approximate surface area is 348 Å². The summed E-state index contributed by atoms with van der Waals surface area (Å²) in [5.41, 5.74) is 17.0. The second kappa shape index (κ2) is 15.0. The molecule has 2 heterocycles. The molecule has 2 aromatic heterocycles. The monoisotopic (exact) mass is 766 g/mol. The Bertz CT molecular complexity index is 3170. The van der Waals surface area contributed by atoms with Crippen molar-refractivity contribution in [3.63, 3.8) is 0 Å². The molecule has 0 unspecified atom stereocenters. The van der Waals surface area contributed by atoms with E-state index in [1.54, 1.807) is 0 Å². The largest absolute Gasteiger partial charge is 0.311 e. The van der Waals surface area contributed by atoms with E-state index in [1.165, 1.54) is 44.1 Å². The van der Waals surface area contributed by atoms with Crippen molar-refractivity contribution >= 4 is 49.9 Å². The van der Waals surface area contributed by atoms with Gasteiger partial charge in [0, 0.05) is 44.6 Å². The van der Waals surface area contributed by atoms with Gasteiger partial charge in [0.05, 0.1) is 33.5 Å². The van der Waals surface area contributed by atoms with E-state index in [9.17, 15) is 0 Å². The average Bonchev–Trinajstić information content (AvgIpc) is 3.66. The zero-order valence-electron chi connectivity index (χ0n) is 32.7. The molecule has 4 nitrogen and oxygen atoms in total. The van der Waals surface area contributed by atoms with Crippen LogP contribution in [-0.2, 0) is 0 Å². The van der Waals surface area contributed by atoms with E-state index in [-0.39, 0.29) is 0 Å². The molecule has 0 amide bonds. The SMILES string of the molecule is c1ccc(-c2ccc3c(c2)c2cc(-c4ccccc4)ccc2n3-c2ccc(N(c3ccccc3)c3ccc(-c4nc5ccccc5nc4-c4ccccc4)cc3)cc2)cc1. The van der Waals surface area contributed by atoms with Gasteiger partial charge in [-0.3, -0.25) is 0 Å². The maximum absolute atomic E-state index is 5.15. The van der Waals surface area contributed by atoms with Crippen molar-refractivity contribution in [2.45, 2.75) is 0 Å². The van der Waals surface area contributed by atoms with Crippen LogP contribution >= 0.6 is 0 Å². The Morgan fingerprint density at radius 2 is 0.667 bits per heavy atom. The van der Waals surface area contributed by atoms with Crippen molar-refractivity contribution in [3.05, 3.63) is 231 Å². The molecular weight excluding hydrogens is 729 g/mol. The van der Waals surface area contributed by atoms with Crippen LogP contribution in [0.4, 0.5) is 17.1 Å². The van der Waals surface area contributed by atoms with Gasteiger partial charge in [-0.15, -0.1) is 0 Å². The van der Waals surface area contributed by atoms with Crippen LogP contribution in [0.1, 0.15) is 0 Å². The first-order valence-electron chi connectivity index (χ1n) is 20.3. The van der Waals surface area contributed by atoms with E-state index in [1.807, 2.05) is 42.5 Å². The lowest BCUT2D eigenvalue weighted by atomic mass is 10.0. The average molecular weight is 767 g/mol. The molecule has 0 bridgehead atoms. The van der Waals surface area contributed by atoms with Crippen molar-refractivity contribution < 1.29 is 0 Å². The zero-order valence-corrected chi connectivity index (χ0v) is 32.7. The molecule has 0 aliphatic rings. The first-order chi connectivity index (χ1) is 29.7. The van der Waals surface area contributed by atoms with Gasteiger partial charge in [0.2, 0.25) is 0 Å². The molecule has 4 heteroatoms. The molecule has 282 valence electrons. The summed E-state index contributed by atoms with van der Waals surface area (Å²) in [6.45, 7) is 0. The fourth-order valence-corrected chi connectivity index (χ4v) is 8.46. The Morgan fingerprint density at radius 1 is 0.300 bits per heavy atom. The summed E-state index contributed by atoms with van der Waals surface area (Å²) in [5.74, 6) is 0. The highest BCUT2D eigenvalue weighted by Gasteiger charge is 2.18. The first-order valence-corrected chi connectivity index (χ1v) is 20.3. The van der Waals surface area contributed by atoms with Crippen molar-refractivity contribution in [1.29, 1.82) is 0 Å². The molecule has 9 aromatic carbocycles. The van der Waals surface area contributed by atoms with Gasteiger partial charge >= 0.3 is 0 Å². The normalized spacial score (nSPS) is 11.3. The summed E-state index contributed by atoms with van der Waals surface area (Å²) in [6.07, 6.45) is 0. The van der Waals surface area contributed by atoms with E-state index >= 15 is 0 Å². The Hall–Kier alpha value is -8.08. The van der Waals surface area contributed by atoms with Crippen LogP contribution in [0.2, 0.25) is 0 Å². The highest BCUT2D eigenvalue weighted by atomic mass is 15.1. The van der Waals surface area contributed by atoms with Gasteiger partial charge in [0.1, 0.15) is 0 Å². The number of nitrogens with zero attached hydrogens (tertiary/aromatic N) is 4. The van der Waals surface area contributed by atoms with Gasteiger partial charge in [-0.1, -0.05) is 146 Å². The molecular formula is C56H38N4. The third kappa shape index (κ3) is 6.37. The number of hydrogen-bond acceptors (Lipinski definition) is 3. The molecule has 0 fully saturated rings. The van der Waals surface area contributed by atoms with Crippen LogP contribution in [0, 0.1) is 0 Å². The van der Waals surface area contributed by atoms with Gasteiger partial charge in [-0.25, -0.2) is 9.97 Å². The Kier molecular flexibility index (Phi) is 8.79. The number of anilines is 3. The molecule has 11 aromatic rings. The molecule has 0 saturated heterocycles. The number of rotatable bonds is 8. The molecule has 0 atom stereocenters. The minimum absolute atomic E-state index is 0.861. The maximum Gasteiger partial charge on any atom is 0.0973 e. The van der Waals surface area contributed by atoms with E-state index in [0.29, 0.717) is 0 Å². The maximum atomic E-state index is 5.15. The van der Waals surface area contributed by atoms with E-state index in [0.717, 1.165) is 56.3 Å². The predicted octanol–water partition coefficient (Wildman–Crippen LogP) is 14.9. The predicted molar refractivity (Wildman–Crippen MR) is 250 cm³/mol. The van der Waals surface area contributed by atoms with Crippen LogP contribution in [-0.4, -0.2) is 14.5 Å². The van der Waals surface area contributed by atoms with Gasteiger partial charge in [0.15, 0.2) is 0 Å². The quantitative estimate of drug-likeness (QED) is 0.154. The van der Waals surface area contributed by atoms with Crippen LogP contribution < -0.4 is 4.90 Å². The van der Waals surface area contributed by atoms with Crippen LogP contribution in [0.25, 0.3) is 83.3 Å². The topological polar surface area (TPSA) is 34.0 Å². The number of fused-ring (bicyclic) bond motifs is 4. The minimum Gasteiger partial charge on any atom is -0.311 e. The van der Waals surface area contributed by atoms with Gasteiger partial charge < -0.3 is 9.47 Å². The highest BCUT2D eigenvalue weighted by Crippen LogP contribution is 2.40. The summed E-state index contributed by atoms with van der Waals surface area (Å²) in [4.78, 5) is 12.6. The van der Waals surface area contributed by atoms with Gasteiger partial charge in [-0.2, -0.15) is 0 Å². The molecule has 0 radical (unpaired) electrons. The smallest absolute Gasteiger partial charge is 0.0973 e. The van der Waals surface area contributed by atoms with E-state index in [2.05, 4.69) is 198 Å². The lowest BCUT2D eigenvalue weighted by molar-refractivity contribution is 1.17. The van der Waals surface area contributed by atoms with Gasteiger partial charge in [0.25, 0.3) is 0 Å². The second-order valence-electron chi connectivity index (χ2n) is 15.0. The summed E-state index contributed by atoms with van der Waals surface area (Å²) < 4.78 is 2.40. The summed E-state index contributed by atoms with van der Waals surface area (Å²) in [7, 11) is 0. The van der Waals surface area contributed by atoms with Gasteiger partial charge in [-0.05, 0) is 107 Å². The molecule has 0 aliphatic heterocycles.